The van der Waals surface area contributed by atoms with Gasteiger partial charge in [-0.3, -0.25) is 4.90 Å². The van der Waals surface area contributed by atoms with Crippen LogP contribution in [0.4, 0.5) is 0 Å². The molecule has 1 heterocycles. The lowest BCUT2D eigenvalue weighted by molar-refractivity contribution is -0.0276. The Kier molecular flexibility index (Phi) is 6.26. The van der Waals surface area contributed by atoms with Crippen LogP contribution in [0.1, 0.15) is 5.56 Å². The fourth-order valence-corrected chi connectivity index (χ4v) is 4.00. The summed E-state index contributed by atoms with van der Waals surface area (Å²) in [5, 5.41) is 0. The summed E-state index contributed by atoms with van der Waals surface area (Å²) in [6.07, 6.45) is -0.166. The molecular formula is C19H24N2O4S. The molecular weight excluding hydrogens is 352 g/mol. The normalized spacial score (nSPS) is 18.6. The maximum Gasteiger partial charge on any atom is 0.240 e. The Balaban J connectivity index is 1.54. The predicted octanol–water partition coefficient (Wildman–Crippen LogP) is 1.87. The second-order valence-electron chi connectivity index (χ2n) is 6.24. The van der Waals surface area contributed by atoms with E-state index >= 15 is 0 Å². The number of morpholine rings is 1. The number of nitrogens with zero attached hydrogens (tertiary/aromatic N) is 1. The zero-order valence-corrected chi connectivity index (χ0v) is 15.6. The van der Waals surface area contributed by atoms with E-state index < -0.39 is 10.0 Å². The Labute approximate surface area is 154 Å². The smallest absolute Gasteiger partial charge is 0.240 e. The second kappa shape index (κ2) is 8.64. The van der Waals surface area contributed by atoms with Gasteiger partial charge in [0.25, 0.3) is 0 Å². The van der Waals surface area contributed by atoms with Crippen LogP contribution >= 0.6 is 0 Å². The van der Waals surface area contributed by atoms with E-state index in [4.69, 9.17) is 9.47 Å². The first-order chi connectivity index (χ1) is 12.6. The van der Waals surface area contributed by atoms with Crippen LogP contribution in [0.25, 0.3) is 0 Å². The monoisotopic (exact) mass is 376 g/mol. The topological polar surface area (TPSA) is 67.9 Å². The molecule has 2 aromatic carbocycles. The summed E-state index contributed by atoms with van der Waals surface area (Å²) in [6.45, 7) is 3.23. The molecule has 0 radical (unpaired) electrons. The molecule has 1 N–H and O–H groups in total. The SMILES string of the molecule is COc1ccc(S(=O)(=O)NC[C@@H]2CN(Cc3ccccc3)CCO2)cc1. The maximum atomic E-state index is 12.4. The van der Waals surface area contributed by atoms with Crippen molar-refractivity contribution < 1.29 is 17.9 Å². The molecule has 0 saturated carbocycles. The molecule has 1 aliphatic heterocycles. The van der Waals surface area contributed by atoms with Gasteiger partial charge in [-0.25, -0.2) is 13.1 Å². The highest BCUT2D eigenvalue weighted by molar-refractivity contribution is 7.89. The number of nitrogens with one attached hydrogen (secondary N) is 1. The molecule has 3 rings (SSSR count). The lowest BCUT2D eigenvalue weighted by Gasteiger charge is -2.33. The lowest BCUT2D eigenvalue weighted by atomic mass is 10.2. The summed E-state index contributed by atoms with van der Waals surface area (Å²) in [4.78, 5) is 2.50. The second-order valence-corrected chi connectivity index (χ2v) is 8.01. The van der Waals surface area contributed by atoms with Crippen LogP contribution in [0, 0.1) is 0 Å². The zero-order chi connectivity index (χ0) is 18.4. The third kappa shape index (κ3) is 5.04. The summed E-state index contributed by atoms with van der Waals surface area (Å²) < 4.78 is 38.3. The molecule has 0 amide bonds. The van der Waals surface area contributed by atoms with Gasteiger partial charge in [0.15, 0.2) is 0 Å². The highest BCUT2D eigenvalue weighted by Crippen LogP contribution is 2.16. The third-order valence-electron chi connectivity index (χ3n) is 4.34. The third-order valence-corrected chi connectivity index (χ3v) is 5.78. The molecule has 140 valence electrons. The van der Waals surface area contributed by atoms with Gasteiger partial charge in [0.1, 0.15) is 5.75 Å². The number of ether oxygens (including phenoxy) is 2. The lowest BCUT2D eigenvalue weighted by Crippen LogP contribution is -2.47. The van der Waals surface area contributed by atoms with Crippen molar-refractivity contribution >= 4 is 10.0 Å². The first-order valence-electron chi connectivity index (χ1n) is 8.58. The maximum absolute atomic E-state index is 12.4. The Morgan fingerprint density at radius 3 is 2.58 bits per heavy atom. The van der Waals surface area contributed by atoms with E-state index in [0.29, 0.717) is 18.9 Å². The molecule has 0 bridgehead atoms. The van der Waals surface area contributed by atoms with E-state index in [-0.39, 0.29) is 17.5 Å². The molecule has 1 aliphatic rings. The van der Waals surface area contributed by atoms with Crippen molar-refractivity contribution in [2.24, 2.45) is 0 Å². The largest absolute Gasteiger partial charge is 0.497 e. The highest BCUT2D eigenvalue weighted by atomic mass is 32.2. The molecule has 0 aromatic heterocycles. The van der Waals surface area contributed by atoms with Gasteiger partial charge in [0, 0.05) is 26.2 Å². The van der Waals surface area contributed by atoms with E-state index in [9.17, 15) is 8.42 Å². The quantitative estimate of drug-likeness (QED) is 0.799. The molecule has 0 spiro atoms. The molecule has 1 fully saturated rings. The number of methoxy groups -OCH3 is 1. The van der Waals surface area contributed by atoms with Crippen molar-refractivity contribution in [1.82, 2.24) is 9.62 Å². The highest BCUT2D eigenvalue weighted by Gasteiger charge is 2.23. The Bertz CT molecular complexity index is 794. The zero-order valence-electron chi connectivity index (χ0n) is 14.8. The van der Waals surface area contributed by atoms with Crippen LogP contribution in [0.15, 0.2) is 59.5 Å². The van der Waals surface area contributed by atoms with Gasteiger partial charge in [-0.2, -0.15) is 0 Å². The van der Waals surface area contributed by atoms with Crippen LogP contribution in [0.5, 0.6) is 5.75 Å². The number of rotatable bonds is 7. The average molecular weight is 376 g/mol. The van der Waals surface area contributed by atoms with Crippen LogP contribution < -0.4 is 9.46 Å². The molecule has 0 aliphatic carbocycles. The average Bonchev–Trinajstić information content (AvgIpc) is 2.68. The Morgan fingerprint density at radius 2 is 1.88 bits per heavy atom. The van der Waals surface area contributed by atoms with Gasteiger partial charge < -0.3 is 9.47 Å². The molecule has 26 heavy (non-hydrogen) atoms. The van der Waals surface area contributed by atoms with Crippen molar-refractivity contribution in [3.63, 3.8) is 0 Å². The van der Waals surface area contributed by atoms with Crippen LogP contribution in [-0.2, 0) is 21.3 Å². The summed E-state index contributed by atoms with van der Waals surface area (Å²) in [6, 6.07) is 16.6. The van der Waals surface area contributed by atoms with Crippen molar-refractivity contribution in [2.75, 3.05) is 33.4 Å². The van der Waals surface area contributed by atoms with Gasteiger partial charge in [0.05, 0.1) is 24.7 Å². The Morgan fingerprint density at radius 1 is 1.15 bits per heavy atom. The van der Waals surface area contributed by atoms with E-state index in [0.717, 1.165) is 13.1 Å². The molecule has 1 atom stereocenters. The summed E-state index contributed by atoms with van der Waals surface area (Å²) in [5.74, 6) is 0.621. The van der Waals surface area contributed by atoms with Crippen LogP contribution in [-0.4, -0.2) is 52.8 Å². The van der Waals surface area contributed by atoms with Gasteiger partial charge >= 0.3 is 0 Å². The predicted molar refractivity (Wildman–Crippen MR) is 99.6 cm³/mol. The Hall–Kier alpha value is -1.93. The van der Waals surface area contributed by atoms with Gasteiger partial charge in [0.2, 0.25) is 10.0 Å². The molecule has 7 heteroatoms. The van der Waals surface area contributed by atoms with Crippen molar-refractivity contribution in [1.29, 1.82) is 0 Å². The number of benzene rings is 2. The first kappa shape index (κ1) is 18.8. The van der Waals surface area contributed by atoms with Gasteiger partial charge in [-0.1, -0.05) is 30.3 Å². The van der Waals surface area contributed by atoms with E-state index in [1.54, 1.807) is 19.2 Å². The van der Waals surface area contributed by atoms with E-state index in [2.05, 4.69) is 21.8 Å². The summed E-state index contributed by atoms with van der Waals surface area (Å²) in [7, 11) is -2.02. The van der Waals surface area contributed by atoms with Crippen molar-refractivity contribution in [2.45, 2.75) is 17.5 Å². The standard InChI is InChI=1S/C19H24N2O4S/c1-24-17-7-9-19(10-8-17)26(22,23)20-13-18-15-21(11-12-25-18)14-16-5-3-2-4-6-16/h2-10,18,20H,11-15H2,1H3/t18-/m1/s1. The van der Waals surface area contributed by atoms with Crippen molar-refractivity contribution in [3.05, 3.63) is 60.2 Å². The summed E-state index contributed by atoms with van der Waals surface area (Å²) >= 11 is 0. The molecule has 2 aromatic rings. The van der Waals surface area contributed by atoms with Crippen LogP contribution in [0.3, 0.4) is 0 Å². The van der Waals surface area contributed by atoms with Crippen LogP contribution in [0.2, 0.25) is 0 Å². The number of sulfonamides is 1. The van der Waals surface area contributed by atoms with E-state index in [1.807, 2.05) is 18.2 Å². The first-order valence-corrected chi connectivity index (χ1v) is 10.1. The van der Waals surface area contributed by atoms with Crippen molar-refractivity contribution in [3.8, 4) is 5.75 Å². The van der Waals surface area contributed by atoms with Gasteiger partial charge in [-0.05, 0) is 29.8 Å². The number of hydrogen-bond donors (Lipinski definition) is 1. The van der Waals surface area contributed by atoms with E-state index in [1.165, 1.54) is 17.7 Å². The molecule has 6 nitrogen and oxygen atoms in total. The molecule has 1 saturated heterocycles. The fraction of sp³-hybridized carbons (Fsp3) is 0.368. The van der Waals surface area contributed by atoms with Gasteiger partial charge in [-0.15, -0.1) is 0 Å². The minimum atomic E-state index is -3.57. The fourth-order valence-electron chi connectivity index (χ4n) is 2.93. The minimum Gasteiger partial charge on any atom is -0.497 e. The minimum absolute atomic E-state index is 0.166. The summed E-state index contributed by atoms with van der Waals surface area (Å²) in [5.41, 5.74) is 1.24. The molecule has 0 unspecified atom stereocenters. The number of hydrogen-bond acceptors (Lipinski definition) is 5.